The van der Waals surface area contributed by atoms with Gasteiger partial charge in [0.25, 0.3) is 5.91 Å². The number of nitrogens with zero attached hydrogens (tertiary/aromatic N) is 1. The number of rotatable bonds is 6. The van der Waals surface area contributed by atoms with Crippen LogP contribution in [0.4, 0.5) is 0 Å². The first kappa shape index (κ1) is 22.2. The van der Waals surface area contributed by atoms with Gasteiger partial charge in [-0.15, -0.1) is 0 Å². The molecule has 2 N–H and O–H groups in total. The van der Waals surface area contributed by atoms with E-state index in [0.29, 0.717) is 39.4 Å². The van der Waals surface area contributed by atoms with Crippen LogP contribution in [0.5, 0.6) is 17.2 Å². The number of fused-ring (bicyclic) bond motifs is 3. The Hall–Kier alpha value is -4.01. The molecule has 0 atom stereocenters. The largest absolute Gasteiger partial charge is 0.493 e. The molecule has 0 amide bonds. The maximum atomic E-state index is 13.7. The molecule has 0 radical (unpaired) electrons. The number of ether oxygens (including phenoxy) is 3. The van der Waals surface area contributed by atoms with Crippen molar-refractivity contribution in [2.45, 2.75) is 19.3 Å². The molecule has 1 aromatic heterocycles. The van der Waals surface area contributed by atoms with Gasteiger partial charge in [-0.1, -0.05) is 18.2 Å². The van der Waals surface area contributed by atoms with Gasteiger partial charge in [0.15, 0.2) is 16.9 Å². The number of hydrogen-bond acceptors (Lipinski definition) is 6. The fourth-order valence-corrected chi connectivity index (χ4v) is 4.56. The summed E-state index contributed by atoms with van der Waals surface area (Å²) < 4.78 is 17.6. The Morgan fingerprint density at radius 2 is 1.55 bits per heavy atom. The molecule has 1 aliphatic rings. The summed E-state index contributed by atoms with van der Waals surface area (Å²) >= 11 is 0. The standard InChI is InChI=1S/C24H23NO8/c1-31-18-10-13(11-19(32-2)20(18)33-3)21(26)25-16-7-5-4-6-14(16)15-12-24(22(27)28,23(29)30)9-8-17(15)25/h4-7,10-11H,8-9,12H2,1-3H3,(H,27,28)(H,29,30). The Bertz CT molecular complexity index is 1250. The summed E-state index contributed by atoms with van der Waals surface area (Å²) in [5.41, 5.74) is 0.0853. The van der Waals surface area contributed by atoms with Gasteiger partial charge in [0.05, 0.1) is 26.8 Å². The van der Waals surface area contributed by atoms with Gasteiger partial charge in [0.2, 0.25) is 5.75 Å². The molecule has 33 heavy (non-hydrogen) atoms. The first-order chi connectivity index (χ1) is 15.8. The number of methoxy groups -OCH3 is 3. The third kappa shape index (κ3) is 3.27. The Balaban J connectivity index is 1.92. The molecule has 2 aromatic carbocycles. The Morgan fingerprint density at radius 3 is 2.09 bits per heavy atom. The van der Waals surface area contributed by atoms with Gasteiger partial charge in [0.1, 0.15) is 0 Å². The summed E-state index contributed by atoms with van der Waals surface area (Å²) in [6.07, 6.45) is -0.203. The lowest BCUT2D eigenvalue weighted by Gasteiger charge is -2.29. The molecule has 0 aliphatic heterocycles. The molecule has 1 heterocycles. The van der Waals surface area contributed by atoms with E-state index < -0.39 is 17.4 Å². The van der Waals surface area contributed by atoms with Gasteiger partial charge in [-0.2, -0.15) is 0 Å². The summed E-state index contributed by atoms with van der Waals surface area (Å²) in [7, 11) is 4.38. The number of carboxylic acids is 2. The summed E-state index contributed by atoms with van der Waals surface area (Å²) in [6, 6.07) is 10.2. The summed E-state index contributed by atoms with van der Waals surface area (Å²) in [4.78, 5) is 37.6. The Morgan fingerprint density at radius 1 is 0.939 bits per heavy atom. The van der Waals surface area contributed by atoms with Gasteiger partial charge >= 0.3 is 11.9 Å². The first-order valence-electron chi connectivity index (χ1n) is 10.2. The SMILES string of the molecule is COc1cc(C(=O)n2c3c(c4ccccc42)CC(C(=O)O)(C(=O)O)CC3)cc(OC)c1OC. The van der Waals surface area contributed by atoms with Gasteiger partial charge in [-0.25, -0.2) is 0 Å². The van der Waals surface area contributed by atoms with E-state index in [2.05, 4.69) is 0 Å². The van der Waals surface area contributed by atoms with Crippen LogP contribution in [-0.4, -0.2) is 54.0 Å². The van der Waals surface area contributed by atoms with E-state index in [4.69, 9.17) is 14.2 Å². The first-order valence-corrected chi connectivity index (χ1v) is 10.2. The molecule has 0 saturated heterocycles. The van der Waals surface area contributed by atoms with E-state index in [1.807, 2.05) is 0 Å². The lowest BCUT2D eigenvalue weighted by Crippen LogP contribution is -2.44. The molecule has 0 fully saturated rings. The second-order valence-corrected chi connectivity index (χ2v) is 7.87. The van der Waals surface area contributed by atoms with E-state index in [9.17, 15) is 24.6 Å². The minimum Gasteiger partial charge on any atom is -0.493 e. The number of hydrogen-bond donors (Lipinski definition) is 2. The fraction of sp³-hybridized carbons (Fsp3) is 0.292. The van der Waals surface area contributed by atoms with E-state index in [1.165, 1.54) is 25.9 Å². The summed E-state index contributed by atoms with van der Waals surface area (Å²) in [5, 5.41) is 20.1. The minimum absolute atomic E-state index is 0.122. The lowest BCUT2D eigenvalue weighted by molar-refractivity contribution is -0.165. The predicted molar refractivity (Wildman–Crippen MR) is 117 cm³/mol. The van der Waals surface area contributed by atoms with Crippen molar-refractivity contribution in [2.24, 2.45) is 5.41 Å². The molecule has 3 aromatic rings. The van der Waals surface area contributed by atoms with E-state index in [1.54, 1.807) is 36.4 Å². The van der Waals surface area contributed by atoms with Crippen LogP contribution in [0.2, 0.25) is 0 Å². The van der Waals surface area contributed by atoms with Gasteiger partial charge in [-0.05, 0) is 36.6 Å². The smallest absolute Gasteiger partial charge is 0.321 e. The zero-order valence-corrected chi connectivity index (χ0v) is 18.4. The van der Waals surface area contributed by atoms with Gasteiger partial charge < -0.3 is 24.4 Å². The second kappa shape index (κ2) is 8.16. The highest BCUT2D eigenvalue weighted by Crippen LogP contribution is 2.43. The monoisotopic (exact) mass is 453 g/mol. The van der Waals surface area contributed by atoms with Crippen LogP contribution in [0, 0.1) is 5.41 Å². The third-order valence-corrected chi connectivity index (χ3v) is 6.29. The number of para-hydroxylation sites is 1. The van der Waals surface area contributed by atoms with Gasteiger partial charge in [0, 0.05) is 23.1 Å². The normalized spacial score (nSPS) is 14.4. The van der Waals surface area contributed by atoms with E-state index in [0.717, 1.165) is 0 Å². The highest BCUT2D eigenvalue weighted by Gasteiger charge is 2.50. The quantitative estimate of drug-likeness (QED) is 0.546. The number of aromatic nitrogens is 1. The molecule has 0 spiro atoms. The Kier molecular flexibility index (Phi) is 5.49. The summed E-state index contributed by atoms with van der Waals surface area (Å²) in [5.74, 6) is -2.14. The number of benzene rings is 2. The summed E-state index contributed by atoms with van der Waals surface area (Å²) in [6.45, 7) is 0. The van der Waals surface area contributed by atoms with Crippen molar-refractivity contribution in [3.63, 3.8) is 0 Å². The molecule has 9 nitrogen and oxygen atoms in total. The number of aliphatic carboxylic acids is 2. The van der Waals surface area contributed by atoms with Crippen molar-refractivity contribution in [1.29, 1.82) is 0 Å². The van der Waals surface area contributed by atoms with Crippen LogP contribution >= 0.6 is 0 Å². The molecule has 1 aliphatic carbocycles. The van der Waals surface area contributed by atoms with Crippen molar-refractivity contribution in [3.05, 3.63) is 53.2 Å². The van der Waals surface area contributed by atoms with Crippen LogP contribution in [0.25, 0.3) is 10.9 Å². The van der Waals surface area contributed by atoms with Crippen molar-refractivity contribution in [1.82, 2.24) is 4.57 Å². The van der Waals surface area contributed by atoms with Crippen molar-refractivity contribution in [3.8, 4) is 17.2 Å². The lowest BCUT2D eigenvalue weighted by atomic mass is 9.72. The zero-order chi connectivity index (χ0) is 23.9. The molecule has 9 heteroatoms. The Labute approximate surface area is 189 Å². The molecule has 0 bridgehead atoms. The fourth-order valence-electron chi connectivity index (χ4n) is 4.56. The average Bonchev–Trinajstić information content (AvgIpc) is 3.15. The number of carbonyl (C=O) groups excluding carboxylic acids is 1. The highest BCUT2D eigenvalue weighted by atomic mass is 16.5. The van der Waals surface area contributed by atoms with Crippen LogP contribution in [-0.2, 0) is 22.4 Å². The molecule has 0 saturated carbocycles. The minimum atomic E-state index is -1.93. The number of carbonyl (C=O) groups is 3. The average molecular weight is 453 g/mol. The molecular formula is C24H23NO8. The maximum absolute atomic E-state index is 13.7. The molecule has 0 unspecified atom stereocenters. The van der Waals surface area contributed by atoms with Crippen LogP contribution < -0.4 is 14.2 Å². The van der Waals surface area contributed by atoms with Crippen LogP contribution in [0.3, 0.4) is 0 Å². The maximum Gasteiger partial charge on any atom is 0.321 e. The topological polar surface area (TPSA) is 124 Å². The van der Waals surface area contributed by atoms with Crippen molar-refractivity contribution in [2.75, 3.05) is 21.3 Å². The zero-order valence-electron chi connectivity index (χ0n) is 18.4. The molecule has 4 rings (SSSR count). The predicted octanol–water partition coefficient (Wildman–Crippen LogP) is 3.00. The second-order valence-electron chi connectivity index (χ2n) is 7.87. The number of carboxylic acid groups (broad SMARTS) is 2. The molecule has 172 valence electrons. The van der Waals surface area contributed by atoms with Crippen molar-refractivity contribution < 1.29 is 38.8 Å². The highest BCUT2D eigenvalue weighted by molar-refractivity contribution is 6.06. The van der Waals surface area contributed by atoms with Crippen LogP contribution in [0.1, 0.15) is 28.0 Å². The molecular weight excluding hydrogens is 430 g/mol. The van der Waals surface area contributed by atoms with E-state index >= 15 is 0 Å². The van der Waals surface area contributed by atoms with Gasteiger partial charge in [-0.3, -0.25) is 19.0 Å². The third-order valence-electron chi connectivity index (χ3n) is 6.29. The van der Waals surface area contributed by atoms with Crippen molar-refractivity contribution >= 4 is 28.7 Å². The van der Waals surface area contributed by atoms with Crippen LogP contribution in [0.15, 0.2) is 36.4 Å². The van der Waals surface area contributed by atoms with E-state index in [-0.39, 0.29) is 30.7 Å².